The lowest BCUT2D eigenvalue weighted by atomic mass is 9.95. The van der Waals surface area contributed by atoms with Gasteiger partial charge in [-0.1, -0.05) is 41.1 Å². The fourth-order valence-corrected chi connectivity index (χ4v) is 5.08. The lowest BCUT2D eigenvalue weighted by molar-refractivity contribution is -0.140. The number of carbonyl (C=O) groups is 1. The highest BCUT2D eigenvalue weighted by atomic mass is 35.5. The zero-order valence-corrected chi connectivity index (χ0v) is 20.0. The Balaban J connectivity index is 1.76. The fraction of sp³-hybridized carbons (Fsp3) is 0.208. The lowest BCUT2D eigenvalue weighted by Gasteiger charge is -2.26. The van der Waals surface area contributed by atoms with Crippen LogP contribution < -0.4 is 24.4 Å². The number of nitrogens with zero attached hydrogens (tertiary/aromatic N) is 2. The van der Waals surface area contributed by atoms with Crippen molar-refractivity contribution in [1.82, 2.24) is 4.57 Å². The quantitative estimate of drug-likeness (QED) is 0.475. The minimum Gasteiger partial charge on any atom is -0.463 e. The maximum absolute atomic E-state index is 14.1. The number of esters is 1. The first kappa shape index (κ1) is 24.1. The molecule has 5 rings (SSSR count). The van der Waals surface area contributed by atoms with E-state index in [1.54, 1.807) is 18.2 Å². The Kier molecular flexibility index (Phi) is 6.13. The molecule has 1 aromatic heterocycles. The van der Waals surface area contributed by atoms with Gasteiger partial charge in [-0.05, 0) is 48.4 Å². The molecule has 0 aliphatic carbocycles. The first-order chi connectivity index (χ1) is 17.2. The van der Waals surface area contributed by atoms with Gasteiger partial charge in [-0.2, -0.15) is 13.2 Å². The minimum atomic E-state index is -4.97. The zero-order chi connectivity index (χ0) is 25.6. The van der Waals surface area contributed by atoms with E-state index >= 15 is 0 Å². The number of carbonyl (C=O) groups excluding carboxylic acids is 1. The van der Waals surface area contributed by atoms with E-state index in [4.69, 9.17) is 25.8 Å². The number of hydrogen-bond acceptors (Lipinski definition) is 7. The van der Waals surface area contributed by atoms with Gasteiger partial charge in [-0.25, -0.2) is 9.79 Å². The number of thiazole rings is 1. The molecule has 0 unspecified atom stereocenters. The van der Waals surface area contributed by atoms with E-state index < -0.39 is 35.0 Å². The van der Waals surface area contributed by atoms with Gasteiger partial charge in [0.05, 0.1) is 22.8 Å². The number of rotatable bonds is 4. The molecule has 2 aliphatic rings. The van der Waals surface area contributed by atoms with E-state index in [1.807, 2.05) is 0 Å². The number of hydrogen-bond donors (Lipinski definition) is 0. The van der Waals surface area contributed by atoms with E-state index in [2.05, 4.69) is 4.99 Å². The van der Waals surface area contributed by atoms with Gasteiger partial charge in [0, 0.05) is 5.02 Å². The molecular weight excluding hydrogens is 521 g/mol. The first-order valence-corrected chi connectivity index (χ1v) is 11.8. The molecule has 0 saturated heterocycles. The Morgan fingerprint density at radius 1 is 1.22 bits per heavy atom. The molecule has 186 valence electrons. The number of aromatic nitrogens is 1. The average molecular weight is 537 g/mol. The van der Waals surface area contributed by atoms with Gasteiger partial charge < -0.3 is 14.2 Å². The smallest absolute Gasteiger partial charge is 0.434 e. The van der Waals surface area contributed by atoms with Crippen molar-refractivity contribution in [3.8, 4) is 11.5 Å². The van der Waals surface area contributed by atoms with Crippen LogP contribution in [0.4, 0.5) is 13.2 Å². The predicted molar refractivity (Wildman–Crippen MR) is 125 cm³/mol. The topological polar surface area (TPSA) is 79.1 Å². The Morgan fingerprint density at radius 3 is 2.64 bits per heavy atom. The molecule has 0 amide bonds. The highest BCUT2D eigenvalue weighted by molar-refractivity contribution is 7.07. The molecule has 0 fully saturated rings. The second kappa shape index (κ2) is 9.14. The Hall–Kier alpha value is -3.57. The predicted octanol–water partition coefficient (Wildman–Crippen LogP) is 3.72. The van der Waals surface area contributed by atoms with Gasteiger partial charge in [0.2, 0.25) is 6.79 Å². The van der Waals surface area contributed by atoms with E-state index in [1.165, 1.54) is 37.3 Å². The Bertz CT molecular complexity index is 1570. The van der Waals surface area contributed by atoms with Crippen LogP contribution in [0.2, 0.25) is 5.02 Å². The molecule has 2 aromatic carbocycles. The summed E-state index contributed by atoms with van der Waals surface area (Å²) in [4.78, 5) is 29.9. The standard InChI is InChI=1S/C24H16ClF3N2O5S/c1-2-33-22(32)18-19(13-4-6-14(25)7-5-13)30-21(31)17(36-23(30)29-20(18)24(26,27)28)10-12-3-8-15-16(9-12)35-11-34-15/h3-10,19H,2,11H2,1H3/b17-10-/t19-/m0/s1. The van der Waals surface area contributed by atoms with Gasteiger partial charge in [-0.15, -0.1) is 0 Å². The van der Waals surface area contributed by atoms with Crippen molar-refractivity contribution in [2.75, 3.05) is 13.4 Å². The summed E-state index contributed by atoms with van der Waals surface area (Å²) in [5.74, 6) is -0.177. The summed E-state index contributed by atoms with van der Waals surface area (Å²) in [6.07, 6.45) is -3.45. The van der Waals surface area contributed by atoms with Gasteiger partial charge in [0.1, 0.15) is 0 Å². The SMILES string of the molecule is CCOC(=O)C1=C(C(F)(F)F)N=c2s/c(=C\c3ccc4c(c3)OCO4)c(=O)n2[C@H]1c1ccc(Cl)cc1. The molecule has 0 N–H and O–H groups in total. The van der Waals surface area contributed by atoms with Crippen molar-refractivity contribution in [1.29, 1.82) is 0 Å². The number of benzene rings is 2. The molecule has 0 bridgehead atoms. The van der Waals surface area contributed by atoms with Gasteiger partial charge in [-0.3, -0.25) is 9.36 Å². The van der Waals surface area contributed by atoms with Gasteiger partial charge in [0.15, 0.2) is 22.0 Å². The van der Waals surface area contributed by atoms with Crippen LogP contribution >= 0.6 is 22.9 Å². The summed E-state index contributed by atoms with van der Waals surface area (Å²) in [6, 6.07) is 9.44. The third-order valence-corrected chi connectivity index (χ3v) is 6.71. The number of halogens is 4. The van der Waals surface area contributed by atoms with Crippen molar-refractivity contribution in [2.45, 2.75) is 19.1 Å². The fourth-order valence-electron chi connectivity index (χ4n) is 3.96. The summed E-state index contributed by atoms with van der Waals surface area (Å²) in [7, 11) is 0. The molecular formula is C24H16ClF3N2O5S. The van der Waals surface area contributed by atoms with E-state index in [0.717, 1.165) is 15.9 Å². The molecule has 7 nitrogen and oxygen atoms in total. The normalized spacial score (nSPS) is 17.1. The van der Waals surface area contributed by atoms with Crippen molar-refractivity contribution in [3.63, 3.8) is 0 Å². The van der Waals surface area contributed by atoms with E-state index in [0.29, 0.717) is 22.1 Å². The maximum Gasteiger partial charge on any atom is 0.434 e. The molecule has 36 heavy (non-hydrogen) atoms. The average Bonchev–Trinajstić information content (AvgIpc) is 3.42. The maximum atomic E-state index is 14.1. The molecule has 0 spiro atoms. The van der Waals surface area contributed by atoms with Crippen LogP contribution in [0, 0.1) is 0 Å². The largest absolute Gasteiger partial charge is 0.463 e. The van der Waals surface area contributed by atoms with E-state index in [9.17, 15) is 22.8 Å². The van der Waals surface area contributed by atoms with Crippen LogP contribution in [0.15, 0.2) is 63.5 Å². The zero-order valence-electron chi connectivity index (χ0n) is 18.5. The number of allylic oxidation sites excluding steroid dienone is 1. The van der Waals surface area contributed by atoms with Crippen molar-refractivity contribution in [3.05, 3.63) is 89.6 Å². The molecule has 0 saturated carbocycles. The van der Waals surface area contributed by atoms with Crippen LogP contribution in [-0.2, 0) is 9.53 Å². The first-order valence-electron chi connectivity index (χ1n) is 10.6. The van der Waals surface area contributed by atoms with Crippen LogP contribution in [-0.4, -0.2) is 30.1 Å². The molecule has 12 heteroatoms. The van der Waals surface area contributed by atoms with Crippen LogP contribution in [0.25, 0.3) is 6.08 Å². The Morgan fingerprint density at radius 2 is 1.94 bits per heavy atom. The number of ether oxygens (including phenoxy) is 3. The number of alkyl halides is 3. The second-order valence-electron chi connectivity index (χ2n) is 7.73. The lowest BCUT2D eigenvalue weighted by Crippen LogP contribution is -2.41. The van der Waals surface area contributed by atoms with Crippen molar-refractivity contribution >= 4 is 35.0 Å². The molecule has 1 atom stereocenters. The van der Waals surface area contributed by atoms with Crippen LogP contribution in [0.3, 0.4) is 0 Å². The third-order valence-electron chi connectivity index (χ3n) is 5.48. The summed E-state index contributed by atoms with van der Waals surface area (Å²) in [6.45, 7) is 1.39. The number of fused-ring (bicyclic) bond motifs is 2. The molecule has 2 aliphatic heterocycles. The molecule has 3 aromatic rings. The summed E-state index contributed by atoms with van der Waals surface area (Å²) < 4.78 is 59.2. The third kappa shape index (κ3) is 4.28. The van der Waals surface area contributed by atoms with Crippen LogP contribution in [0.5, 0.6) is 11.5 Å². The highest BCUT2D eigenvalue weighted by Crippen LogP contribution is 2.38. The van der Waals surface area contributed by atoms with E-state index in [-0.39, 0.29) is 28.3 Å². The molecule has 3 heterocycles. The van der Waals surface area contributed by atoms with Gasteiger partial charge >= 0.3 is 12.1 Å². The van der Waals surface area contributed by atoms with Crippen molar-refractivity contribution in [2.24, 2.45) is 4.99 Å². The second-order valence-corrected chi connectivity index (χ2v) is 9.17. The summed E-state index contributed by atoms with van der Waals surface area (Å²) in [5, 5.41) is 0.340. The summed E-state index contributed by atoms with van der Waals surface area (Å²) >= 11 is 6.76. The van der Waals surface area contributed by atoms with Gasteiger partial charge in [0.25, 0.3) is 5.56 Å². The Labute approximate surface area is 210 Å². The minimum absolute atomic E-state index is 0.0684. The summed E-state index contributed by atoms with van der Waals surface area (Å²) in [5.41, 5.74) is -1.96. The monoisotopic (exact) mass is 536 g/mol. The van der Waals surface area contributed by atoms with Crippen LogP contribution in [0.1, 0.15) is 24.1 Å². The highest BCUT2D eigenvalue weighted by Gasteiger charge is 2.45. The van der Waals surface area contributed by atoms with Crippen molar-refractivity contribution < 1.29 is 32.2 Å². The molecule has 0 radical (unpaired) electrons.